The molecule has 0 N–H and O–H groups in total. The molecule has 1 rings (SSSR count). The highest BCUT2D eigenvalue weighted by Crippen LogP contribution is 2.21. The Kier molecular flexibility index (Phi) is 3.48. The number of carbonyl (C=O) groups excluding carboxylic acids is 1. The number of aryl methyl sites for hydroxylation is 2. The van der Waals surface area contributed by atoms with Crippen molar-refractivity contribution in [3.05, 3.63) is 21.4 Å². The van der Waals surface area contributed by atoms with E-state index in [2.05, 4.69) is 19.9 Å². The molecule has 2 nitrogen and oxygen atoms in total. The van der Waals surface area contributed by atoms with Gasteiger partial charge in [0.1, 0.15) is 0 Å². The van der Waals surface area contributed by atoms with E-state index in [9.17, 15) is 4.79 Å². The predicted octanol–water partition coefficient (Wildman–Crippen LogP) is 2.47. The van der Waals surface area contributed by atoms with Crippen molar-refractivity contribution in [3.63, 3.8) is 0 Å². The van der Waals surface area contributed by atoms with Gasteiger partial charge in [0.15, 0.2) is 0 Å². The van der Waals surface area contributed by atoms with Crippen molar-refractivity contribution in [3.8, 4) is 0 Å². The Bertz CT molecular complexity index is 282. The molecule has 0 unspecified atom stereocenters. The van der Waals surface area contributed by atoms with Crippen molar-refractivity contribution in [1.82, 2.24) is 0 Å². The molecule has 0 radical (unpaired) electrons. The topological polar surface area (TPSA) is 26.3 Å². The Hall–Kier alpha value is -0.830. The first-order valence-corrected chi connectivity index (χ1v) is 5.16. The standard InChI is InChI=1S/C10H14O2S/c1-4-12-10(11)6-9-5-7(2)8(3)13-9/h5H,4,6H2,1-3H3. The molecule has 0 bridgehead atoms. The van der Waals surface area contributed by atoms with Crippen molar-refractivity contribution in [1.29, 1.82) is 0 Å². The third-order valence-electron chi connectivity index (χ3n) is 1.84. The third kappa shape index (κ3) is 2.84. The summed E-state index contributed by atoms with van der Waals surface area (Å²) in [5, 5.41) is 0. The molecule has 1 aromatic rings. The lowest BCUT2D eigenvalue weighted by Gasteiger charge is -1.98. The second kappa shape index (κ2) is 4.42. The zero-order valence-electron chi connectivity index (χ0n) is 8.22. The molecular formula is C10H14O2S. The van der Waals surface area contributed by atoms with E-state index < -0.39 is 0 Å². The van der Waals surface area contributed by atoms with Crippen molar-refractivity contribution in [2.45, 2.75) is 27.2 Å². The van der Waals surface area contributed by atoms with Crippen molar-refractivity contribution < 1.29 is 9.53 Å². The second-order valence-electron chi connectivity index (χ2n) is 2.93. The molecule has 1 aromatic heterocycles. The van der Waals surface area contributed by atoms with E-state index in [1.54, 1.807) is 11.3 Å². The summed E-state index contributed by atoms with van der Waals surface area (Å²) in [5.74, 6) is -0.135. The molecule has 0 saturated carbocycles. The third-order valence-corrected chi connectivity index (χ3v) is 2.99. The summed E-state index contributed by atoms with van der Waals surface area (Å²) in [6.07, 6.45) is 0.410. The number of thiophene rings is 1. The lowest BCUT2D eigenvalue weighted by atomic mass is 10.2. The molecule has 13 heavy (non-hydrogen) atoms. The highest BCUT2D eigenvalue weighted by molar-refractivity contribution is 7.12. The first-order valence-electron chi connectivity index (χ1n) is 4.35. The Balaban J connectivity index is 2.59. The Morgan fingerprint density at radius 1 is 1.54 bits per heavy atom. The van der Waals surface area contributed by atoms with Crippen LogP contribution in [0.4, 0.5) is 0 Å². The zero-order chi connectivity index (χ0) is 9.84. The van der Waals surface area contributed by atoms with E-state index >= 15 is 0 Å². The number of esters is 1. The molecule has 1 heterocycles. The van der Waals surface area contributed by atoms with Gasteiger partial charge in [-0.25, -0.2) is 0 Å². The minimum atomic E-state index is -0.135. The van der Waals surface area contributed by atoms with Crippen molar-refractivity contribution >= 4 is 17.3 Å². The zero-order valence-corrected chi connectivity index (χ0v) is 9.03. The van der Waals surface area contributed by atoms with Gasteiger partial charge < -0.3 is 4.74 Å². The average Bonchev–Trinajstić information content (AvgIpc) is 2.31. The number of hydrogen-bond donors (Lipinski definition) is 0. The Morgan fingerprint density at radius 2 is 2.23 bits per heavy atom. The van der Waals surface area contributed by atoms with Gasteiger partial charge in [-0.15, -0.1) is 11.3 Å². The molecule has 0 aliphatic rings. The van der Waals surface area contributed by atoms with E-state index in [1.165, 1.54) is 10.4 Å². The van der Waals surface area contributed by atoms with Crippen LogP contribution < -0.4 is 0 Å². The Morgan fingerprint density at radius 3 is 2.69 bits per heavy atom. The molecule has 0 aliphatic heterocycles. The van der Waals surface area contributed by atoms with Gasteiger partial charge >= 0.3 is 5.97 Å². The van der Waals surface area contributed by atoms with Gasteiger partial charge in [-0.2, -0.15) is 0 Å². The number of carbonyl (C=O) groups is 1. The molecule has 0 aliphatic carbocycles. The van der Waals surface area contributed by atoms with Crippen LogP contribution in [0.5, 0.6) is 0 Å². The van der Waals surface area contributed by atoms with Crippen LogP contribution in [0.25, 0.3) is 0 Å². The van der Waals surface area contributed by atoms with E-state index in [4.69, 9.17) is 4.74 Å². The summed E-state index contributed by atoms with van der Waals surface area (Å²) in [7, 11) is 0. The highest BCUT2D eigenvalue weighted by atomic mass is 32.1. The van der Waals surface area contributed by atoms with Gasteiger partial charge in [-0.3, -0.25) is 4.79 Å². The van der Waals surface area contributed by atoms with Crippen LogP contribution in [0.1, 0.15) is 22.2 Å². The highest BCUT2D eigenvalue weighted by Gasteiger charge is 2.07. The first-order chi connectivity index (χ1) is 6.13. The minimum absolute atomic E-state index is 0.135. The summed E-state index contributed by atoms with van der Waals surface area (Å²) in [6.45, 7) is 6.40. The lowest BCUT2D eigenvalue weighted by Crippen LogP contribution is -2.06. The maximum atomic E-state index is 11.1. The summed E-state index contributed by atoms with van der Waals surface area (Å²) >= 11 is 1.67. The fourth-order valence-electron chi connectivity index (χ4n) is 1.09. The van der Waals surface area contributed by atoms with Gasteiger partial charge in [0.2, 0.25) is 0 Å². The van der Waals surface area contributed by atoms with E-state index in [0.717, 1.165) is 4.88 Å². The van der Waals surface area contributed by atoms with Crippen LogP contribution in [-0.4, -0.2) is 12.6 Å². The van der Waals surface area contributed by atoms with Crippen LogP contribution in [0.15, 0.2) is 6.07 Å². The van der Waals surface area contributed by atoms with Gasteiger partial charge in [0.05, 0.1) is 13.0 Å². The van der Waals surface area contributed by atoms with Crippen LogP contribution in [0, 0.1) is 13.8 Å². The normalized spacial score (nSPS) is 10.1. The molecular weight excluding hydrogens is 184 g/mol. The fraction of sp³-hybridized carbons (Fsp3) is 0.500. The maximum absolute atomic E-state index is 11.1. The average molecular weight is 198 g/mol. The second-order valence-corrected chi connectivity index (χ2v) is 4.27. The van der Waals surface area contributed by atoms with Crippen molar-refractivity contribution in [2.75, 3.05) is 6.61 Å². The van der Waals surface area contributed by atoms with Gasteiger partial charge in [-0.05, 0) is 32.4 Å². The molecule has 72 valence electrons. The fourth-order valence-corrected chi connectivity index (χ4v) is 2.13. The van der Waals surface area contributed by atoms with Crippen LogP contribution in [0.3, 0.4) is 0 Å². The van der Waals surface area contributed by atoms with E-state index in [1.807, 2.05) is 6.92 Å². The molecule has 0 aromatic carbocycles. The number of hydrogen-bond acceptors (Lipinski definition) is 3. The number of rotatable bonds is 3. The maximum Gasteiger partial charge on any atom is 0.311 e. The largest absolute Gasteiger partial charge is 0.466 e. The molecule has 0 atom stereocenters. The first kappa shape index (κ1) is 10.3. The lowest BCUT2D eigenvalue weighted by molar-refractivity contribution is -0.142. The molecule has 0 fully saturated rings. The smallest absolute Gasteiger partial charge is 0.311 e. The van der Waals surface area contributed by atoms with Gasteiger partial charge in [-0.1, -0.05) is 0 Å². The van der Waals surface area contributed by atoms with Gasteiger partial charge in [0.25, 0.3) is 0 Å². The van der Waals surface area contributed by atoms with E-state index in [-0.39, 0.29) is 5.97 Å². The predicted molar refractivity (Wildman–Crippen MR) is 54.1 cm³/mol. The quantitative estimate of drug-likeness (QED) is 0.697. The molecule has 0 saturated heterocycles. The monoisotopic (exact) mass is 198 g/mol. The minimum Gasteiger partial charge on any atom is -0.466 e. The molecule has 3 heteroatoms. The number of ether oxygens (including phenoxy) is 1. The summed E-state index contributed by atoms with van der Waals surface area (Å²) in [5.41, 5.74) is 1.25. The molecule has 0 spiro atoms. The van der Waals surface area contributed by atoms with E-state index in [0.29, 0.717) is 13.0 Å². The van der Waals surface area contributed by atoms with Crippen LogP contribution in [0.2, 0.25) is 0 Å². The summed E-state index contributed by atoms with van der Waals surface area (Å²) in [6, 6.07) is 2.05. The van der Waals surface area contributed by atoms with Crippen molar-refractivity contribution in [2.24, 2.45) is 0 Å². The summed E-state index contributed by atoms with van der Waals surface area (Å²) in [4.78, 5) is 13.5. The summed E-state index contributed by atoms with van der Waals surface area (Å²) < 4.78 is 4.86. The van der Waals surface area contributed by atoms with Crippen LogP contribution >= 0.6 is 11.3 Å². The SMILES string of the molecule is CCOC(=O)Cc1cc(C)c(C)s1. The van der Waals surface area contributed by atoms with Gasteiger partial charge in [0, 0.05) is 9.75 Å². The van der Waals surface area contributed by atoms with Crippen LogP contribution in [-0.2, 0) is 16.0 Å². The Labute approximate surface area is 82.5 Å². The molecule has 0 amide bonds.